The van der Waals surface area contributed by atoms with Crippen LogP contribution in [0, 0.1) is 0 Å². The van der Waals surface area contributed by atoms with Crippen LogP contribution in [0.15, 0.2) is 174 Å². The largest absolute Gasteiger partial charge is 0.456 e. The SMILES string of the molecule is c1ccc2c(c1)Cc1c-2cccc1-n1c2ccccc2c2cc(-c3ccc4oc5ccc(-n6c7ccccc7c7ccccc76)cc5c4c3)ccc21. The molecule has 12 rings (SSSR count). The molecule has 8 aromatic carbocycles. The summed E-state index contributed by atoms with van der Waals surface area (Å²) in [5.74, 6) is 0. The van der Waals surface area contributed by atoms with E-state index in [1.807, 2.05) is 0 Å². The Bertz CT molecular complexity index is 3230. The molecule has 52 heavy (non-hydrogen) atoms. The van der Waals surface area contributed by atoms with E-state index in [4.69, 9.17) is 4.42 Å². The Morgan fingerprint density at radius 1 is 0.385 bits per heavy atom. The molecule has 0 fully saturated rings. The second kappa shape index (κ2) is 10.3. The third-order valence-corrected chi connectivity index (χ3v) is 11.4. The van der Waals surface area contributed by atoms with Gasteiger partial charge in [-0.3, -0.25) is 0 Å². The van der Waals surface area contributed by atoms with Crippen molar-refractivity contribution < 1.29 is 4.42 Å². The van der Waals surface area contributed by atoms with E-state index in [1.54, 1.807) is 0 Å². The molecule has 1 aliphatic carbocycles. The Kier molecular flexibility index (Phi) is 5.56. The lowest BCUT2D eigenvalue weighted by Gasteiger charge is -2.13. The number of furan rings is 1. The average Bonchev–Trinajstić information content (AvgIpc) is 3.95. The molecule has 0 bridgehead atoms. The lowest BCUT2D eigenvalue weighted by molar-refractivity contribution is 0.669. The summed E-state index contributed by atoms with van der Waals surface area (Å²) in [6.45, 7) is 0. The third kappa shape index (κ3) is 3.80. The summed E-state index contributed by atoms with van der Waals surface area (Å²) in [7, 11) is 0. The fourth-order valence-corrected chi connectivity index (χ4v) is 9.05. The second-order valence-corrected chi connectivity index (χ2v) is 14.1. The van der Waals surface area contributed by atoms with Gasteiger partial charge in [0.05, 0.1) is 27.8 Å². The molecule has 3 nitrogen and oxygen atoms in total. The van der Waals surface area contributed by atoms with Crippen molar-refractivity contribution in [1.82, 2.24) is 9.13 Å². The number of benzene rings is 8. The van der Waals surface area contributed by atoms with Crippen LogP contribution in [0.2, 0.25) is 0 Å². The van der Waals surface area contributed by atoms with Gasteiger partial charge in [-0.2, -0.15) is 0 Å². The molecule has 3 heteroatoms. The Morgan fingerprint density at radius 3 is 1.71 bits per heavy atom. The second-order valence-electron chi connectivity index (χ2n) is 14.1. The number of para-hydroxylation sites is 3. The summed E-state index contributed by atoms with van der Waals surface area (Å²) in [5.41, 5.74) is 16.9. The highest BCUT2D eigenvalue weighted by Gasteiger charge is 2.23. The number of aromatic nitrogens is 2. The minimum atomic E-state index is 0.896. The minimum Gasteiger partial charge on any atom is -0.456 e. The zero-order valence-corrected chi connectivity index (χ0v) is 28.2. The molecule has 11 aromatic rings. The molecule has 242 valence electrons. The maximum Gasteiger partial charge on any atom is 0.135 e. The van der Waals surface area contributed by atoms with E-state index in [9.17, 15) is 0 Å². The number of hydrogen-bond donors (Lipinski definition) is 0. The van der Waals surface area contributed by atoms with Crippen LogP contribution < -0.4 is 0 Å². The van der Waals surface area contributed by atoms with Crippen LogP contribution in [0.5, 0.6) is 0 Å². The predicted octanol–water partition coefficient (Wildman–Crippen LogP) is 13.0. The number of rotatable bonds is 3. The van der Waals surface area contributed by atoms with Crippen molar-refractivity contribution in [2.45, 2.75) is 6.42 Å². The highest BCUT2D eigenvalue weighted by atomic mass is 16.3. The van der Waals surface area contributed by atoms with Crippen molar-refractivity contribution >= 4 is 65.6 Å². The Morgan fingerprint density at radius 2 is 0.942 bits per heavy atom. The molecule has 0 unspecified atom stereocenters. The molecule has 0 saturated heterocycles. The van der Waals surface area contributed by atoms with Gasteiger partial charge in [0.1, 0.15) is 11.2 Å². The monoisotopic (exact) mass is 662 g/mol. The van der Waals surface area contributed by atoms with Gasteiger partial charge in [-0.05, 0) is 100 Å². The molecular formula is C49H30N2O. The molecule has 0 atom stereocenters. The highest BCUT2D eigenvalue weighted by molar-refractivity contribution is 6.13. The Labute approximate surface area is 299 Å². The molecule has 0 saturated carbocycles. The van der Waals surface area contributed by atoms with Crippen molar-refractivity contribution in [1.29, 1.82) is 0 Å². The van der Waals surface area contributed by atoms with Crippen molar-refractivity contribution in [2.24, 2.45) is 0 Å². The van der Waals surface area contributed by atoms with Gasteiger partial charge in [-0.1, -0.05) is 103 Å². The lowest BCUT2D eigenvalue weighted by Crippen LogP contribution is -1.99. The molecule has 3 heterocycles. The van der Waals surface area contributed by atoms with Crippen LogP contribution in [0.1, 0.15) is 11.1 Å². The maximum atomic E-state index is 6.42. The van der Waals surface area contributed by atoms with E-state index in [1.165, 1.54) is 82.7 Å². The van der Waals surface area contributed by atoms with Crippen LogP contribution in [0.25, 0.3) is 99.2 Å². The standard InChI is InChI=1S/C49H30N2O/c1-2-11-34-32(10-1)28-39-35(34)15-9-19-46(39)51-45-18-8-5-14-38(45)40-26-30(20-23-47(40)51)31-21-24-48-41(27-31)42-29-33(22-25-49(42)52-48)50-43-16-6-3-12-36(43)37-13-4-7-17-44(37)50/h1-27,29H,28H2. The molecule has 0 radical (unpaired) electrons. The van der Waals surface area contributed by atoms with Crippen molar-refractivity contribution in [2.75, 3.05) is 0 Å². The summed E-state index contributed by atoms with van der Waals surface area (Å²) in [5, 5.41) is 7.28. The van der Waals surface area contributed by atoms with Gasteiger partial charge >= 0.3 is 0 Å². The van der Waals surface area contributed by atoms with E-state index < -0.39 is 0 Å². The van der Waals surface area contributed by atoms with Gasteiger partial charge in [0, 0.05) is 44.4 Å². The molecule has 0 N–H and O–H groups in total. The van der Waals surface area contributed by atoms with Crippen LogP contribution >= 0.6 is 0 Å². The van der Waals surface area contributed by atoms with Gasteiger partial charge < -0.3 is 13.6 Å². The molecule has 3 aromatic heterocycles. The van der Waals surface area contributed by atoms with Crippen LogP contribution in [0.4, 0.5) is 0 Å². The molecular weight excluding hydrogens is 633 g/mol. The van der Waals surface area contributed by atoms with E-state index in [0.29, 0.717) is 0 Å². The summed E-state index contributed by atoms with van der Waals surface area (Å²) >= 11 is 0. The fraction of sp³-hybridized carbons (Fsp3) is 0.0204. The highest BCUT2D eigenvalue weighted by Crippen LogP contribution is 2.43. The summed E-state index contributed by atoms with van der Waals surface area (Å²) < 4.78 is 11.3. The zero-order chi connectivity index (χ0) is 33.9. The van der Waals surface area contributed by atoms with E-state index in [2.05, 4.69) is 179 Å². The number of hydrogen-bond acceptors (Lipinski definition) is 1. The van der Waals surface area contributed by atoms with Crippen molar-refractivity contribution in [3.63, 3.8) is 0 Å². The molecule has 0 aliphatic heterocycles. The van der Waals surface area contributed by atoms with Gasteiger partial charge in [0.25, 0.3) is 0 Å². The average molecular weight is 663 g/mol. The number of nitrogens with zero attached hydrogens (tertiary/aromatic N) is 2. The Balaban J connectivity index is 1.02. The fourth-order valence-electron chi connectivity index (χ4n) is 9.05. The quantitative estimate of drug-likeness (QED) is 0.185. The van der Waals surface area contributed by atoms with Crippen LogP contribution in [-0.4, -0.2) is 9.13 Å². The summed E-state index contributed by atoms with van der Waals surface area (Å²) in [6.07, 6.45) is 0.949. The maximum absolute atomic E-state index is 6.42. The van der Waals surface area contributed by atoms with Crippen molar-refractivity contribution in [3.8, 4) is 33.6 Å². The predicted molar refractivity (Wildman–Crippen MR) is 216 cm³/mol. The number of fused-ring (bicyclic) bond motifs is 12. The van der Waals surface area contributed by atoms with Gasteiger partial charge in [0.2, 0.25) is 0 Å². The Hall–Kier alpha value is -6.84. The van der Waals surface area contributed by atoms with Crippen molar-refractivity contribution in [3.05, 3.63) is 181 Å². The summed E-state index contributed by atoms with van der Waals surface area (Å²) in [6, 6.07) is 61.9. The zero-order valence-electron chi connectivity index (χ0n) is 28.2. The first kappa shape index (κ1) is 27.9. The van der Waals surface area contributed by atoms with E-state index in [0.717, 1.165) is 34.0 Å². The van der Waals surface area contributed by atoms with E-state index in [-0.39, 0.29) is 0 Å². The third-order valence-electron chi connectivity index (χ3n) is 11.4. The van der Waals surface area contributed by atoms with Gasteiger partial charge in [-0.25, -0.2) is 0 Å². The molecule has 1 aliphatic rings. The first-order chi connectivity index (χ1) is 25.8. The first-order valence-electron chi connectivity index (χ1n) is 18.0. The van der Waals surface area contributed by atoms with E-state index >= 15 is 0 Å². The molecule has 0 spiro atoms. The summed E-state index contributed by atoms with van der Waals surface area (Å²) in [4.78, 5) is 0. The van der Waals surface area contributed by atoms with Crippen LogP contribution in [-0.2, 0) is 6.42 Å². The lowest BCUT2D eigenvalue weighted by atomic mass is 10.0. The van der Waals surface area contributed by atoms with Crippen LogP contribution in [0.3, 0.4) is 0 Å². The molecule has 0 amide bonds. The van der Waals surface area contributed by atoms with Gasteiger partial charge in [0.15, 0.2) is 0 Å². The normalized spacial score (nSPS) is 12.5. The topological polar surface area (TPSA) is 23.0 Å². The minimum absolute atomic E-state index is 0.896. The van der Waals surface area contributed by atoms with Gasteiger partial charge in [-0.15, -0.1) is 0 Å². The smallest absolute Gasteiger partial charge is 0.135 e. The first-order valence-corrected chi connectivity index (χ1v) is 18.0.